The summed E-state index contributed by atoms with van der Waals surface area (Å²) >= 11 is 0. The molecule has 0 N–H and O–H groups in total. The lowest BCUT2D eigenvalue weighted by Gasteiger charge is -2.35. The van der Waals surface area contributed by atoms with Gasteiger partial charge in [0.05, 0.1) is 30.6 Å². The molecule has 1 aliphatic heterocycles. The molecule has 1 saturated heterocycles. The molecule has 1 unspecified atom stereocenters. The highest BCUT2D eigenvalue weighted by Crippen LogP contribution is 2.22. The predicted octanol–water partition coefficient (Wildman–Crippen LogP) is 2.79. The molecule has 2 aromatic heterocycles. The first-order chi connectivity index (χ1) is 10.1. The number of piperidine rings is 1. The fourth-order valence-corrected chi connectivity index (χ4v) is 3.00. The summed E-state index contributed by atoms with van der Waals surface area (Å²) in [4.78, 5) is 14.7. The molecule has 0 aromatic carbocycles. The van der Waals surface area contributed by atoms with Crippen molar-refractivity contribution in [1.29, 1.82) is 0 Å². The number of aryl methyl sites for hydroxylation is 2. The van der Waals surface area contributed by atoms with Crippen molar-refractivity contribution in [3.05, 3.63) is 41.6 Å². The van der Waals surface area contributed by atoms with Crippen molar-refractivity contribution in [1.82, 2.24) is 14.7 Å². The first-order valence-corrected chi connectivity index (χ1v) is 7.49. The number of furan rings is 1. The van der Waals surface area contributed by atoms with E-state index in [1.54, 1.807) is 12.3 Å². The fourth-order valence-electron chi connectivity index (χ4n) is 3.00. The normalized spacial score (nSPS) is 19.0. The van der Waals surface area contributed by atoms with Gasteiger partial charge in [-0.05, 0) is 44.7 Å². The zero-order chi connectivity index (χ0) is 14.8. The summed E-state index contributed by atoms with van der Waals surface area (Å²) in [7, 11) is 0. The summed E-state index contributed by atoms with van der Waals surface area (Å²) in [6.45, 7) is 5.44. The van der Waals surface area contributed by atoms with Crippen molar-refractivity contribution >= 4 is 5.91 Å². The maximum absolute atomic E-state index is 12.7. The summed E-state index contributed by atoms with van der Waals surface area (Å²) in [5.41, 5.74) is 1.83. The first kappa shape index (κ1) is 13.9. The molecule has 5 nitrogen and oxygen atoms in total. The third kappa shape index (κ3) is 2.86. The van der Waals surface area contributed by atoms with Gasteiger partial charge in [-0.15, -0.1) is 0 Å². The van der Waals surface area contributed by atoms with E-state index >= 15 is 0 Å². The lowest BCUT2D eigenvalue weighted by atomic mass is 10.0. The summed E-state index contributed by atoms with van der Waals surface area (Å²) in [6.07, 6.45) is 8.73. The topological polar surface area (TPSA) is 51.3 Å². The van der Waals surface area contributed by atoms with Gasteiger partial charge in [0.15, 0.2) is 0 Å². The Hall–Kier alpha value is -2.04. The molecule has 21 heavy (non-hydrogen) atoms. The maximum atomic E-state index is 12.7. The Bertz CT molecular complexity index is 629. The van der Waals surface area contributed by atoms with Gasteiger partial charge in [-0.2, -0.15) is 5.10 Å². The molecule has 3 heterocycles. The van der Waals surface area contributed by atoms with E-state index in [1.165, 1.54) is 6.42 Å². The van der Waals surface area contributed by atoms with E-state index in [4.69, 9.17) is 4.42 Å². The Morgan fingerprint density at radius 1 is 1.43 bits per heavy atom. The molecule has 1 fully saturated rings. The Morgan fingerprint density at radius 3 is 2.95 bits per heavy atom. The third-order valence-corrected chi connectivity index (χ3v) is 4.14. The molecule has 1 aliphatic rings. The van der Waals surface area contributed by atoms with Gasteiger partial charge in [-0.25, -0.2) is 0 Å². The van der Waals surface area contributed by atoms with Crippen molar-refractivity contribution in [2.75, 3.05) is 6.54 Å². The van der Waals surface area contributed by atoms with Crippen LogP contribution in [0.1, 0.15) is 40.9 Å². The summed E-state index contributed by atoms with van der Waals surface area (Å²) in [6, 6.07) is 1.97. The molecule has 0 saturated carbocycles. The molecule has 1 atom stereocenters. The van der Waals surface area contributed by atoms with E-state index in [-0.39, 0.29) is 11.9 Å². The highest BCUT2D eigenvalue weighted by Gasteiger charge is 2.29. The quantitative estimate of drug-likeness (QED) is 0.872. The first-order valence-electron chi connectivity index (χ1n) is 7.49. The number of carbonyl (C=O) groups excluding carboxylic acids is 1. The van der Waals surface area contributed by atoms with Crippen LogP contribution < -0.4 is 0 Å². The molecule has 2 aromatic rings. The van der Waals surface area contributed by atoms with Crippen molar-refractivity contribution < 1.29 is 9.21 Å². The minimum atomic E-state index is 0.0785. The SMILES string of the molecule is Cc1cnn(CC2CCCCN2C(=O)c2ccoc2C)c1. The van der Waals surface area contributed by atoms with E-state index in [0.717, 1.165) is 31.5 Å². The van der Waals surface area contributed by atoms with Gasteiger partial charge >= 0.3 is 0 Å². The minimum Gasteiger partial charge on any atom is -0.469 e. The Morgan fingerprint density at radius 2 is 2.29 bits per heavy atom. The van der Waals surface area contributed by atoms with Crippen LogP contribution >= 0.6 is 0 Å². The van der Waals surface area contributed by atoms with E-state index in [0.29, 0.717) is 11.3 Å². The van der Waals surface area contributed by atoms with Crippen molar-refractivity contribution in [2.24, 2.45) is 0 Å². The number of amides is 1. The average Bonchev–Trinajstić information content (AvgIpc) is 3.07. The van der Waals surface area contributed by atoms with Gasteiger partial charge in [-0.3, -0.25) is 9.48 Å². The Balaban J connectivity index is 1.78. The average molecular weight is 287 g/mol. The highest BCUT2D eigenvalue weighted by molar-refractivity contribution is 5.95. The van der Waals surface area contributed by atoms with Gasteiger partial charge in [0.1, 0.15) is 5.76 Å². The molecular formula is C16H21N3O2. The Labute approximate surface area is 124 Å². The second-order valence-electron chi connectivity index (χ2n) is 5.78. The second kappa shape index (κ2) is 5.76. The smallest absolute Gasteiger partial charge is 0.257 e. The molecule has 112 valence electrons. The van der Waals surface area contributed by atoms with E-state index in [9.17, 15) is 4.79 Å². The third-order valence-electron chi connectivity index (χ3n) is 4.14. The molecule has 0 radical (unpaired) electrons. The van der Waals surface area contributed by atoms with Crippen LogP contribution in [0.15, 0.2) is 29.1 Å². The Kier molecular flexibility index (Phi) is 3.82. The largest absolute Gasteiger partial charge is 0.469 e. The van der Waals surface area contributed by atoms with Crippen LogP contribution in [0.3, 0.4) is 0 Å². The second-order valence-corrected chi connectivity index (χ2v) is 5.78. The van der Waals surface area contributed by atoms with E-state index < -0.39 is 0 Å². The van der Waals surface area contributed by atoms with E-state index in [1.807, 2.05) is 35.8 Å². The van der Waals surface area contributed by atoms with Crippen molar-refractivity contribution in [3.8, 4) is 0 Å². The molecule has 5 heteroatoms. The number of nitrogens with zero attached hydrogens (tertiary/aromatic N) is 3. The van der Waals surface area contributed by atoms with Gasteiger partial charge in [0.25, 0.3) is 5.91 Å². The number of likely N-dealkylation sites (tertiary alicyclic amines) is 1. The van der Waals surface area contributed by atoms with Gasteiger partial charge in [0.2, 0.25) is 0 Å². The van der Waals surface area contributed by atoms with Crippen LogP contribution in [0.2, 0.25) is 0 Å². The predicted molar refractivity (Wildman–Crippen MR) is 79.1 cm³/mol. The number of hydrogen-bond acceptors (Lipinski definition) is 3. The summed E-state index contributed by atoms with van der Waals surface area (Å²) < 4.78 is 7.21. The number of carbonyl (C=O) groups is 1. The number of aromatic nitrogens is 2. The van der Waals surface area contributed by atoms with Crippen LogP contribution in [0, 0.1) is 13.8 Å². The van der Waals surface area contributed by atoms with Crippen LogP contribution in [0.25, 0.3) is 0 Å². The molecule has 0 spiro atoms. The van der Waals surface area contributed by atoms with Crippen LogP contribution in [-0.2, 0) is 6.54 Å². The number of hydrogen-bond donors (Lipinski definition) is 0. The molecule has 1 amide bonds. The lowest BCUT2D eigenvalue weighted by molar-refractivity contribution is 0.0582. The monoisotopic (exact) mass is 287 g/mol. The minimum absolute atomic E-state index is 0.0785. The summed E-state index contributed by atoms with van der Waals surface area (Å²) in [5.74, 6) is 0.772. The van der Waals surface area contributed by atoms with Gasteiger partial charge < -0.3 is 9.32 Å². The van der Waals surface area contributed by atoms with Gasteiger partial charge in [0, 0.05) is 12.7 Å². The zero-order valence-electron chi connectivity index (χ0n) is 12.6. The fraction of sp³-hybridized carbons (Fsp3) is 0.500. The van der Waals surface area contributed by atoms with E-state index in [2.05, 4.69) is 5.10 Å². The standard InChI is InChI=1S/C16H21N3O2/c1-12-9-17-18(10-12)11-14-5-3-4-7-19(14)16(20)15-6-8-21-13(15)2/h6,8-10,14H,3-5,7,11H2,1-2H3. The molecule has 3 rings (SSSR count). The lowest BCUT2D eigenvalue weighted by Crippen LogP contribution is -2.46. The summed E-state index contributed by atoms with van der Waals surface area (Å²) in [5, 5.41) is 4.34. The number of rotatable bonds is 3. The van der Waals surface area contributed by atoms with Crippen LogP contribution in [0.4, 0.5) is 0 Å². The molecular weight excluding hydrogens is 266 g/mol. The van der Waals surface area contributed by atoms with Gasteiger partial charge in [-0.1, -0.05) is 0 Å². The zero-order valence-corrected chi connectivity index (χ0v) is 12.6. The van der Waals surface area contributed by atoms with Crippen molar-refractivity contribution in [3.63, 3.8) is 0 Å². The maximum Gasteiger partial charge on any atom is 0.257 e. The molecule has 0 aliphatic carbocycles. The van der Waals surface area contributed by atoms with Crippen LogP contribution in [-0.4, -0.2) is 33.2 Å². The van der Waals surface area contributed by atoms with Crippen molar-refractivity contribution in [2.45, 2.75) is 45.7 Å². The highest BCUT2D eigenvalue weighted by atomic mass is 16.3. The molecule has 0 bridgehead atoms. The van der Waals surface area contributed by atoms with Crippen LogP contribution in [0.5, 0.6) is 0 Å².